The van der Waals surface area contributed by atoms with Gasteiger partial charge in [-0.1, -0.05) is 20.8 Å². The topological polar surface area (TPSA) is 29.1 Å². The standard InChI is InChI=1S/C12H25NOS/c1-5-13-11-7-6-10(9(2)3)8-12(11)15(4)14/h9-13H,5-8H2,1-4H3. The van der Waals surface area contributed by atoms with Crippen LogP contribution in [-0.4, -0.2) is 28.3 Å². The summed E-state index contributed by atoms with van der Waals surface area (Å²) in [7, 11) is -0.683. The first-order chi connectivity index (χ1) is 7.06. The van der Waals surface area contributed by atoms with Gasteiger partial charge >= 0.3 is 0 Å². The fourth-order valence-electron chi connectivity index (χ4n) is 2.63. The van der Waals surface area contributed by atoms with Crippen LogP contribution in [-0.2, 0) is 10.8 Å². The van der Waals surface area contributed by atoms with Crippen LogP contribution < -0.4 is 5.32 Å². The molecule has 0 aliphatic heterocycles. The second kappa shape index (κ2) is 6.00. The summed E-state index contributed by atoms with van der Waals surface area (Å²) in [6.45, 7) is 7.69. The quantitative estimate of drug-likeness (QED) is 0.803. The van der Waals surface area contributed by atoms with E-state index in [2.05, 4.69) is 26.1 Å². The van der Waals surface area contributed by atoms with Crippen molar-refractivity contribution >= 4 is 10.8 Å². The molecule has 0 spiro atoms. The molecule has 0 aromatic heterocycles. The highest BCUT2D eigenvalue weighted by atomic mass is 32.2. The second-order valence-corrected chi connectivity index (χ2v) is 6.62. The molecular formula is C12H25NOS. The Morgan fingerprint density at radius 3 is 2.53 bits per heavy atom. The van der Waals surface area contributed by atoms with Gasteiger partial charge in [-0.3, -0.25) is 4.21 Å². The highest BCUT2D eigenvalue weighted by Crippen LogP contribution is 2.32. The zero-order valence-electron chi connectivity index (χ0n) is 10.5. The van der Waals surface area contributed by atoms with Crippen LogP contribution in [0.15, 0.2) is 0 Å². The molecule has 90 valence electrons. The Labute approximate surface area is 96.7 Å². The van der Waals surface area contributed by atoms with Crippen molar-refractivity contribution in [3.63, 3.8) is 0 Å². The lowest BCUT2D eigenvalue weighted by Gasteiger charge is -2.37. The molecule has 4 atom stereocenters. The largest absolute Gasteiger partial charge is 0.313 e. The zero-order chi connectivity index (χ0) is 11.4. The average Bonchev–Trinajstić information content (AvgIpc) is 2.18. The van der Waals surface area contributed by atoms with E-state index in [9.17, 15) is 4.21 Å². The predicted molar refractivity (Wildman–Crippen MR) is 67.5 cm³/mol. The normalized spacial score (nSPS) is 34.3. The molecule has 0 radical (unpaired) electrons. The predicted octanol–water partition coefficient (Wildman–Crippen LogP) is 2.17. The molecule has 0 bridgehead atoms. The van der Waals surface area contributed by atoms with Gasteiger partial charge < -0.3 is 5.32 Å². The lowest BCUT2D eigenvalue weighted by Crippen LogP contribution is -2.46. The summed E-state index contributed by atoms with van der Waals surface area (Å²) in [5.41, 5.74) is 0. The molecule has 2 nitrogen and oxygen atoms in total. The Bertz CT molecular complexity index is 218. The summed E-state index contributed by atoms with van der Waals surface area (Å²) in [5, 5.41) is 3.85. The van der Waals surface area contributed by atoms with E-state index in [1.54, 1.807) is 0 Å². The van der Waals surface area contributed by atoms with E-state index in [4.69, 9.17) is 0 Å². The van der Waals surface area contributed by atoms with Gasteiger partial charge in [0.05, 0.1) is 5.25 Å². The van der Waals surface area contributed by atoms with Crippen LogP contribution in [0, 0.1) is 11.8 Å². The minimum absolute atomic E-state index is 0.367. The van der Waals surface area contributed by atoms with Gasteiger partial charge in [-0.2, -0.15) is 0 Å². The Kier molecular flexibility index (Phi) is 5.27. The average molecular weight is 231 g/mol. The number of nitrogens with one attached hydrogen (secondary N) is 1. The van der Waals surface area contributed by atoms with Gasteiger partial charge in [0.1, 0.15) is 0 Å². The van der Waals surface area contributed by atoms with Crippen molar-refractivity contribution in [2.45, 2.75) is 51.3 Å². The molecule has 3 heteroatoms. The lowest BCUT2D eigenvalue weighted by molar-refractivity contribution is 0.245. The number of hydrogen-bond acceptors (Lipinski definition) is 2. The van der Waals surface area contributed by atoms with E-state index < -0.39 is 10.8 Å². The van der Waals surface area contributed by atoms with Crippen LogP contribution in [0.1, 0.15) is 40.0 Å². The Balaban J connectivity index is 2.61. The number of hydrogen-bond donors (Lipinski definition) is 1. The molecular weight excluding hydrogens is 206 g/mol. The van der Waals surface area contributed by atoms with Gasteiger partial charge in [0.15, 0.2) is 0 Å². The van der Waals surface area contributed by atoms with Crippen LogP contribution >= 0.6 is 0 Å². The molecule has 15 heavy (non-hydrogen) atoms. The summed E-state index contributed by atoms with van der Waals surface area (Å²) < 4.78 is 11.7. The third-order valence-electron chi connectivity index (χ3n) is 3.67. The summed E-state index contributed by atoms with van der Waals surface area (Å²) in [4.78, 5) is 0. The first-order valence-corrected chi connectivity index (χ1v) is 7.74. The van der Waals surface area contributed by atoms with Crippen molar-refractivity contribution in [1.29, 1.82) is 0 Å². The highest BCUT2D eigenvalue weighted by molar-refractivity contribution is 7.85. The molecule has 0 amide bonds. The molecule has 1 aliphatic carbocycles. The van der Waals surface area contributed by atoms with Crippen molar-refractivity contribution in [2.24, 2.45) is 11.8 Å². The minimum Gasteiger partial charge on any atom is -0.313 e. The molecule has 0 heterocycles. The first-order valence-electron chi connectivity index (χ1n) is 6.11. The molecule has 1 saturated carbocycles. The van der Waals surface area contributed by atoms with Crippen molar-refractivity contribution in [1.82, 2.24) is 5.32 Å². The molecule has 1 aliphatic rings. The SMILES string of the molecule is CCNC1CCC(C(C)C)CC1S(C)=O. The van der Waals surface area contributed by atoms with Gasteiger partial charge in [0, 0.05) is 23.1 Å². The monoisotopic (exact) mass is 231 g/mol. The van der Waals surface area contributed by atoms with Crippen molar-refractivity contribution in [2.75, 3.05) is 12.8 Å². The maximum Gasteiger partial charge on any atom is 0.0501 e. The van der Waals surface area contributed by atoms with Gasteiger partial charge in [-0.15, -0.1) is 0 Å². The van der Waals surface area contributed by atoms with Crippen LogP contribution in [0.2, 0.25) is 0 Å². The van der Waals surface area contributed by atoms with Crippen molar-refractivity contribution < 1.29 is 4.21 Å². The molecule has 1 rings (SSSR count). The smallest absolute Gasteiger partial charge is 0.0501 e. The van der Waals surface area contributed by atoms with Gasteiger partial charge in [-0.05, 0) is 37.6 Å². The summed E-state index contributed by atoms with van der Waals surface area (Å²) in [6.07, 6.45) is 5.49. The van der Waals surface area contributed by atoms with E-state index >= 15 is 0 Å². The van der Waals surface area contributed by atoms with Crippen LogP contribution in [0.3, 0.4) is 0 Å². The van der Waals surface area contributed by atoms with E-state index in [0.29, 0.717) is 11.3 Å². The minimum atomic E-state index is -0.683. The lowest BCUT2D eigenvalue weighted by atomic mass is 9.79. The third-order valence-corrected chi connectivity index (χ3v) is 5.04. The van der Waals surface area contributed by atoms with E-state index in [1.165, 1.54) is 12.8 Å². The Morgan fingerprint density at radius 1 is 1.40 bits per heavy atom. The van der Waals surface area contributed by atoms with E-state index in [1.807, 2.05) is 6.26 Å². The molecule has 1 N–H and O–H groups in total. The van der Waals surface area contributed by atoms with Crippen LogP contribution in [0.4, 0.5) is 0 Å². The van der Waals surface area contributed by atoms with E-state index in [0.717, 1.165) is 24.8 Å². The van der Waals surface area contributed by atoms with Crippen LogP contribution in [0.25, 0.3) is 0 Å². The summed E-state index contributed by atoms with van der Waals surface area (Å²) >= 11 is 0. The third kappa shape index (κ3) is 3.56. The first kappa shape index (κ1) is 13.2. The van der Waals surface area contributed by atoms with Crippen molar-refractivity contribution in [3.05, 3.63) is 0 Å². The summed E-state index contributed by atoms with van der Waals surface area (Å²) in [6, 6.07) is 0.482. The van der Waals surface area contributed by atoms with E-state index in [-0.39, 0.29) is 0 Å². The molecule has 0 aromatic rings. The second-order valence-electron chi connectivity index (χ2n) is 5.02. The molecule has 0 aromatic carbocycles. The fraction of sp³-hybridized carbons (Fsp3) is 1.00. The summed E-state index contributed by atoms with van der Waals surface area (Å²) in [5.74, 6) is 1.51. The Morgan fingerprint density at radius 2 is 2.07 bits per heavy atom. The van der Waals surface area contributed by atoms with Crippen molar-refractivity contribution in [3.8, 4) is 0 Å². The zero-order valence-corrected chi connectivity index (χ0v) is 11.3. The maximum atomic E-state index is 11.7. The molecule has 1 fully saturated rings. The molecule has 0 saturated heterocycles. The Hall–Kier alpha value is 0.110. The van der Waals surface area contributed by atoms with Gasteiger partial charge in [0.2, 0.25) is 0 Å². The van der Waals surface area contributed by atoms with Crippen LogP contribution in [0.5, 0.6) is 0 Å². The molecule has 4 unspecified atom stereocenters. The van der Waals surface area contributed by atoms with Gasteiger partial charge in [0.25, 0.3) is 0 Å². The maximum absolute atomic E-state index is 11.7. The van der Waals surface area contributed by atoms with Gasteiger partial charge in [-0.25, -0.2) is 0 Å². The number of rotatable bonds is 4. The fourth-order valence-corrected chi connectivity index (χ4v) is 3.84. The highest BCUT2D eigenvalue weighted by Gasteiger charge is 2.33.